The molecular formula is C21H18F2N2O4S2. The van der Waals surface area contributed by atoms with Gasteiger partial charge in [-0.15, -0.1) is 0 Å². The first-order chi connectivity index (χ1) is 14.7. The average molecular weight is 465 g/mol. The third-order valence-corrected chi connectivity index (χ3v) is 8.07. The van der Waals surface area contributed by atoms with E-state index in [1.54, 1.807) is 18.2 Å². The molecule has 0 bridgehead atoms. The Morgan fingerprint density at radius 3 is 2.16 bits per heavy atom. The summed E-state index contributed by atoms with van der Waals surface area (Å²) >= 11 is 0. The Balaban J connectivity index is 1.66. The highest BCUT2D eigenvalue weighted by atomic mass is 32.2. The number of sulfonamides is 2. The van der Waals surface area contributed by atoms with Crippen molar-refractivity contribution in [2.45, 2.75) is 22.6 Å². The first kappa shape index (κ1) is 21.3. The fourth-order valence-electron chi connectivity index (χ4n) is 3.49. The van der Waals surface area contributed by atoms with E-state index in [-0.39, 0.29) is 10.6 Å². The van der Waals surface area contributed by atoms with E-state index in [0.717, 1.165) is 12.1 Å². The molecule has 1 N–H and O–H groups in total. The monoisotopic (exact) mass is 464 g/mol. The minimum atomic E-state index is -4.23. The zero-order valence-electron chi connectivity index (χ0n) is 16.1. The van der Waals surface area contributed by atoms with Crippen LogP contribution in [0.3, 0.4) is 0 Å². The quantitative estimate of drug-likeness (QED) is 0.621. The van der Waals surface area contributed by atoms with Crippen LogP contribution in [0.25, 0.3) is 0 Å². The highest BCUT2D eigenvalue weighted by molar-refractivity contribution is 7.93. The van der Waals surface area contributed by atoms with Crippen LogP contribution < -0.4 is 9.03 Å². The van der Waals surface area contributed by atoms with Gasteiger partial charge in [-0.2, -0.15) is 0 Å². The molecule has 0 amide bonds. The second kappa shape index (κ2) is 7.93. The molecule has 6 nitrogen and oxygen atoms in total. The summed E-state index contributed by atoms with van der Waals surface area (Å²) in [6, 6.07) is 14.6. The zero-order valence-corrected chi connectivity index (χ0v) is 17.8. The highest BCUT2D eigenvalue weighted by Gasteiger charge is 2.29. The molecule has 3 aromatic rings. The Hall–Kier alpha value is -2.98. The molecule has 0 spiro atoms. The molecule has 0 radical (unpaired) electrons. The second-order valence-corrected chi connectivity index (χ2v) is 10.6. The lowest BCUT2D eigenvalue weighted by atomic mass is 10.0. The number of rotatable bonds is 5. The van der Waals surface area contributed by atoms with Crippen LogP contribution in [0.1, 0.15) is 12.0 Å². The molecule has 0 aromatic heterocycles. The summed E-state index contributed by atoms with van der Waals surface area (Å²) in [7, 11) is -8.00. The number of nitrogens with zero attached hydrogens (tertiary/aromatic N) is 1. The Bertz CT molecular complexity index is 1320. The molecule has 3 aromatic carbocycles. The van der Waals surface area contributed by atoms with Gasteiger partial charge in [-0.1, -0.05) is 18.2 Å². The van der Waals surface area contributed by atoms with E-state index in [9.17, 15) is 25.6 Å². The van der Waals surface area contributed by atoms with Crippen molar-refractivity contribution >= 4 is 31.4 Å². The molecule has 31 heavy (non-hydrogen) atoms. The van der Waals surface area contributed by atoms with Crippen LogP contribution in [0.4, 0.5) is 20.2 Å². The first-order valence-electron chi connectivity index (χ1n) is 9.36. The van der Waals surface area contributed by atoms with E-state index in [2.05, 4.69) is 4.72 Å². The summed E-state index contributed by atoms with van der Waals surface area (Å²) in [5, 5.41) is 0. The molecule has 0 atom stereocenters. The number of aryl methyl sites for hydroxylation is 1. The second-order valence-electron chi connectivity index (χ2n) is 7.05. The summed E-state index contributed by atoms with van der Waals surface area (Å²) in [5.74, 6) is -2.01. The van der Waals surface area contributed by atoms with Crippen LogP contribution >= 0.6 is 0 Å². The predicted octanol–water partition coefficient (Wildman–Crippen LogP) is 3.91. The van der Waals surface area contributed by atoms with Crippen molar-refractivity contribution in [3.63, 3.8) is 0 Å². The van der Waals surface area contributed by atoms with Crippen molar-refractivity contribution in [1.82, 2.24) is 0 Å². The Kier molecular flexibility index (Phi) is 5.44. The van der Waals surface area contributed by atoms with Crippen LogP contribution in [-0.4, -0.2) is 23.4 Å². The van der Waals surface area contributed by atoms with Gasteiger partial charge in [0.15, 0.2) is 0 Å². The summed E-state index contributed by atoms with van der Waals surface area (Å²) in [5.41, 5.74) is 1.29. The Morgan fingerprint density at radius 1 is 0.806 bits per heavy atom. The number of hydrogen-bond donors (Lipinski definition) is 1. The molecule has 0 aliphatic carbocycles. The molecule has 4 rings (SSSR count). The largest absolute Gasteiger partial charge is 0.280 e. The number of hydrogen-bond acceptors (Lipinski definition) is 4. The van der Waals surface area contributed by atoms with E-state index in [0.29, 0.717) is 36.7 Å². The van der Waals surface area contributed by atoms with Crippen molar-refractivity contribution in [3.05, 3.63) is 83.9 Å². The molecule has 10 heteroatoms. The molecular weight excluding hydrogens is 446 g/mol. The SMILES string of the molecule is O=S(=O)(Nc1ccc2c(c1)CCCN2S(=O)(=O)c1ccccc1)c1cc(F)cc(F)c1. The standard InChI is InChI=1S/C21H18F2N2O4S2/c22-16-12-17(23)14-20(13-16)30(26,27)24-18-8-9-21-15(11-18)5-4-10-25(21)31(28,29)19-6-2-1-3-7-19/h1-3,6-9,11-14,24H,4-5,10H2. The summed E-state index contributed by atoms with van der Waals surface area (Å²) in [6.45, 7) is 0.303. The first-order valence-corrected chi connectivity index (χ1v) is 12.3. The predicted molar refractivity (Wildman–Crippen MR) is 113 cm³/mol. The van der Waals surface area contributed by atoms with Crippen LogP contribution in [0.2, 0.25) is 0 Å². The maximum absolute atomic E-state index is 13.4. The zero-order chi connectivity index (χ0) is 22.2. The molecule has 1 aliphatic heterocycles. The Morgan fingerprint density at radius 2 is 1.48 bits per heavy atom. The number of nitrogens with one attached hydrogen (secondary N) is 1. The maximum atomic E-state index is 13.4. The fourth-order valence-corrected chi connectivity index (χ4v) is 6.15. The van der Waals surface area contributed by atoms with E-state index < -0.39 is 36.6 Å². The van der Waals surface area contributed by atoms with Gasteiger partial charge < -0.3 is 0 Å². The number of fused-ring (bicyclic) bond motifs is 1. The van der Waals surface area contributed by atoms with Gasteiger partial charge in [-0.05, 0) is 60.9 Å². The third-order valence-electron chi connectivity index (χ3n) is 4.89. The summed E-state index contributed by atoms with van der Waals surface area (Å²) < 4.78 is 81.6. The van der Waals surface area contributed by atoms with Gasteiger partial charge in [0.2, 0.25) is 0 Å². The molecule has 0 saturated carbocycles. The smallest absolute Gasteiger partial charge is 0.264 e. The molecule has 1 aliphatic rings. The highest BCUT2D eigenvalue weighted by Crippen LogP contribution is 2.34. The number of benzene rings is 3. The van der Waals surface area contributed by atoms with Gasteiger partial charge in [-0.3, -0.25) is 9.03 Å². The van der Waals surface area contributed by atoms with Gasteiger partial charge in [0, 0.05) is 18.3 Å². The molecule has 0 fully saturated rings. The lowest BCUT2D eigenvalue weighted by molar-refractivity contribution is 0.568. The topological polar surface area (TPSA) is 83.6 Å². The van der Waals surface area contributed by atoms with E-state index in [4.69, 9.17) is 0 Å². The van der Waals surface area contributed by atoms with Gasteiger partial charge in [-0.25, -0.2) is 25.6 Å². The van der Waals surface area contributed by atoms with Gasteiger partial charge in [0.05, 0.1) is 15.5 Å². The average Bonchev–Trinajstić information content (AvgIpc) is 2.73. The lowest BCUT2D eigenvalue weighted by Gasteiger charge is -2.31. The van der Waals surface area contributed by atoms with Gasteiger partial charge in [0.1, 0.15) is 11.6 Å². The molecule has 162 valence electrons. The Labute approximate surface area is 179 Å². The molecule has 1 heterocycles. The summed E-state index contributed by atoms with van der Waals surface area (Å²) in [6.07, 6.45) is 1.12. The van der Waals surface area contributed by atoms with Gasteiger partial charge >= 0.3 is 0 Å². The van der Waals surface area contributed by atoms with E-state index >= 15 is 0 Å². The van der Waals surface area contributed by atoms with Crippen molar-refractivity contribution in [1.29, 1.82) is 0 Å². The van der Waals surface area contributed by atoms with E-state index in [1.807, 2.05) is 0 Å². The molecule has 0 saturated heterocycles. The van der Waals surface area contributed by atoms with Crippen molar-refractivity contribution in [2.24, 2.45) is 0 Å². The summed E-state index contributed by atoms with van der Waals surface area (Å²) in [4.78, 5) is -0.378. The minimum absolute atomic E-state index is 0.167. The minimum Gasteiger partial charge on any atom is -0.280 e. The van der Waals surface area contributed by atoms with Crippen LogP contribution in [0, 0.1) is 11.6 Å². The fraction of sp³-hybridized carbons (Fsp3) is 0.143. The van der Waals surface area contributed by atoms with Crippen molar-refractivity contribution < 1.29 is 25.6 Å². The van der Waals surface area contributed by atoms with Crippen LogP contribution in [-0.2, 0) is 26.5 Å². The van der Waals surface area contributed by atoms with E-state index in [1.165, 1.54) is 34.6 Å². The van der Waals surface area contributed by atoms with Crippen LogP contribution in [0.5, 0.6) is 0 Å². The normalized spacial score (nSPS) is 14.2. The van der Waals surface area contributed by atoms with Crippen molar-refractivity contribution in [2.75, 3.05) is 15.6 Å². The van der Waals surface area contributed by atoms with Gasteiger partial charge in [0.25, 0.3) is 20.0 Å². The lowest BCUT2D eigenvalue weighted by Crippen LogP contribution is -2.35. The maximum Gasteiger partial charge on any atom is 0.264 e. The number of halogens is 2. The van der Waals surface area contributed by atoms with Crippen LogP contribution in [0.15, 0.2) is 76.5 Å². The van der Waals surface area contributed by atoms with Crippen molar-refractivity contribution in [3.8, 4) is 0 Å². The molecule has 0 unspecified atom stereocenters. The number of anilines is 2. The third kappa shape index (κ3) is 4.26.